The van der Waals surface area contributed by atoms with Crippen molar-refractivity contribution in [2.24, 2.45) is 0 Å². The Kier molecular flexibility index (Phi) is 4.82. The van der Waals surface area contributed by atoms with E-state index in [0.717, 1.165) is 25.8 Å². The van der Waals surface area contributed by atoms with Crippen molar-refractivity contribution in [3.63, 3.8) is 0 Å². The lowest BCUT2D eigenvalue weighted by Gasteiger charge is -2.32. The Labute approximate surface area is 92.5 Å². The summed E-state index contributed by atoms with van der Waals surface area (Å²) in [6, 6.07) is 0.974. The summed E-state index contributed by atoms with van der Waals surface area (Å²) in [6.45, 7) is 6.76. The third-order valence-electron chi connectivity index (χ3n) is 2.95. The zero-order chi connectivity index (χ0) is 11.3. The summed E-state index contributed by atoms with van der Waals surface area (Å²) in [5.74, 6) is 0.270. The summed E-state index contributed by atoms with van der Waals surface area (Å²) in [4.78, 5) is 13.1. The Hall–Kier alpha value is -0.830. The van der Waals surface area contributed by atoms with Crippen molar-refractivity contribution in [1.82, 2.24) is 10.2 Å². The number of likely N-dealkylation sites (N-methyl/N-ethyl adjacent to an activating group) is 1. The van der Waals surface area contributed by atoms with E-state index < -0.39 is 0 Å². The second-order valence-electron chi connectivity index (χ2n) is 4.44. The average molecular weight is 210 g/mol. The SMILES string of the molecule is C=CCCC(C)NC1CCC(=O)N(C)C1. The number of piperidine rings is 1. The van der Waals surface area contributed by atoms with Crippen molar-refractivity contribution in [3.05, 3.63) is 12.7 Å². The smallest absolute Gasteiger partial charge is 0.222 e. The molecule has 2 atom stereocenters. The van der Waals surface area contributed by atoms with E-state index in [1.54, 1.807) is 0 Å². The summed E-state index contributed by atoms with van der Waals surface area (Å²) in [5.41, 5.74) is 0. The van der Waals surface area contributed by atoms with Gasteiger partial charge in [0.05, 0.1) is 0 Å². The van der Waals surface area contributed by atoms with Crippen LogP contribution in [0.4, 0.5) is 0 Å². The van der Waals surface area contributed by atoms with Crippen molar-refractivity contribution in [2.45, 2.75) is 44.7 Å². The Morgan fingerprint density at radius 2 is 2.47 bits per heavy atom. The lowest BCUT2D eigenvalue weighted by atomic mass is 10.0. The molecule has 3 nitrogen and oxygen atoms in total. The fraction of sp³-hybridized carbons (Fsp3) is 0.750. The molecule has 1 N–H and O–H groups in total. The van der Waals surface area contributed by atoms with Gasteiger partial charge in [0.2, 0.25) is 5.91 Å². The van der Waals surface area contributed by atoms with Crippen LogP contribution in [0, 0.1) is 0 Å². The molecule has 0 aromatic heterocycles. The minimum Gasteiger partial charge on any atom is -0.344 e. The number of nitrogens with zero attached hydrogens (tertiary/aromatic N) is 1. The molecular weight excluding hydrogens is 188 g/mol. The van der Waals surface area contributed by atoms with Crippen molar-refractivity contribution in [3.8, 4) is 0 Å². The molecule has 86 valence electrons. The van der Waals surface area contributed by atoms with Crippen molar-refractivity contribution in [2.75, 3.05) is 13.6 Å². The molecule has 1 fully saturated rings. The van der Waals surface area contributed by atoms with Gasteiger partial charge in [-0.1, -0.05) is 6.08 Å². The van der Waals surface area contributed by atoms with E-state index in [-0.39, 0.29) is 5.91 Å². The van der Waals surface area contributed by atoms with Crippen LogP contribution < -0.4 is 5.32 Å². The van der Waals surface area contributed by atoms with E-state index in [4.69, 9.17) is 0 Å². The van der Waals surface area contributed by atoms with Gasteiger partial charge in [-0.2, -0.15) is 0 Å². The summed E-state index contributed by atoms with van der Waals surface area (Å²) >= 11 is 0. The first kappa shape index (κ1) is 12.2. The third-order valence-corrected chi connectivity index (χ3v) is 2.95. The van der Waals surface area contributed by atoms with E-state index in [1.807, 2.05) is 18.0 Å². The van der Waals surface area contributed by atoms with Crippen molar-refractivity contribution in [1.29, 1.82) is 0 Å². The lowest BCUT2D eigenvalue weighted by Crippen LogP contribution is -2.49. The molecule has 1 saturated heterocycles. The predicted molar refractivity (Wildman–Crippen MR) is 62.7 cm³/mol. The maximum atomic E-state index is 11.3. The van der Waals surface area contributed by atoms with Gasteiger partial charge in [0, 0.05) is 32.1 Å². The molecule has 0 aromatic rings. The molecule has 1 heterocycles. The minimum absolute atomic E-state index is 0.270. The summed E-state index contributed by atoms with van der Waals surface area (Å²) in [5, 5.41) is 3.56. The van der Waals surface area contributed by atoms with Gasteiger partial charge in [-0.3, -0.25) is 4.79 Å². The van der Waals surface area contributed by atoms with Crippen LogP contribution in [-0.4, -0.2) is 36.5 Å². The van der Waals surface area contributed by atoms with Gasteiger partial charge in [0.15, 0.2) is 0 Å². The molecule has 2 unspecified atom stereocenters. The maximum Gasteiger partial charge on any atom is 0.222 e. The molecule has 0 aromatic carbocycles. The average Bonchev–Trinajstić information content (AvgIpc) is 2.20. The molecule has 1 amide bonds. The van der Waals surface area contributed by atoms with Crippen LogP contribution in [0.25, 0.3) is 0 Å². The molecule has 1 aliphatic heterocycles. The fourth-order valence-corrected chi connectivity index (χ4v) is 2.00. The zero-order valence-electron chi connectivity index (χ0n) is 9.83. The standard InChI is InChI=1S/C12H22N2O/c1-4-5-6-10(2)13-11-7-8-12(15)14(3)9-11/h4,10-11,13H,1,5-9H2,2-3H3. The van der Waals surface area contributed by atoms with Crippen LogP contribution in [-0.2, 0) is 4.79 Å². The van der Waals surface area contributed by atoms with Crippen LogP contribution >= 0.6 is 0 Å². The molecular formula is C12H22N2O. The molecule has 1 aliphatic rings. The van der Waals surface area contributed by atoms with E-state index in [9.17, 15) is 4.79 Å². The molecule has 1 rings (SSSR count). The normalized spacial score (nSPS) is 24.0. The molecule has 3 heteroatoms. The Bertz CT molecular complexity index is 228. The molecule has 0 aliphatic carbocycles. The number of likely N-dealkylation sites (tertiary alicyclic amines) is 1. The zero-order valence-corrected chi connectivity index (χ0v) is 9.83. The van der Waals surface area contributed by atoms with Gasteiger partial charge >= 0.3 is 0 Å². The second kappa shape index (κ2) is 5.91. The number of nitrogens with one attached hydrogen (secondary N) is 1. The van der Waals surface area contributed by atoms with E-state index in [0.29, 0.717) is 18.5 Å². The number of hydrogen-bond acceptors (Lipinski definition) is 2. The van der Waals surface area contributed by atoms with Gasteiger partial charge in [-0.05, 0) is 26.2 Å². The summed E-state index contributed by atoms with van der Waals surface area (Å²) < 4.78 is 0. The summed E-state index contributed by atoms with van der Waals surface area (Å²) in [6.07, 6.45) is 5.78. The Morgan fingerprint density at radius 1 is 1.73 bits per heavy atom. The van der Waals surface area contributed by atoms with E-state index in [1.165, 1.54) is 0 Å². The van der Waals surface area contributed by atoms with Gasteiger partial charge in [-0.15, -0.1) is 6.58 Å². The number of allylic oxidation sites excluding steroid dienone is 1. The van der Waals surface area contributed by atoms with E-state index in [2.05, 4.69) is 18.8 Å². The highest BCUT2D eigenvalue weighted by Crippen LogP contribution is 2.11. The first-order valence-corrected chi connectivity index (χ1v) is 5.74. The quantitative estimate of drug-likeness (QED) is 0.698. The van der Waals surface area contributed by atoms with Gasteiger partial charge < -0.3 is 10.2 Å². The monoisotopic (exact) mass is 210 g/mol. The molecule has 0 spiro atoms. The first-order chi connectivity index (χ1) is 7.13. The number of carbonyl (C=O) groups excluding carboxylic acids is 1. The largest absolute Gasteiger partial charge is 0.344 e. The number of carbonyl (C=O) groups is 1. The highest BCUT2D eigenvalue weighted by molar-refractivity contribution is 5.76. The van der Waals surface area contributed by atoms with Crippen LogP contribution in [0.3, 0.4) is 0 Å². The highest BCUT2D eigenvalue weighted by atomic mass is 16.2. The molecule has 0 bridgehead atoms. The Balaban J connectivity index is 2.26. The Morgan fingerprint density at radius 3 is 3.07 bits per heavy atom. The predicted octanol–water partition coefficient (Wildman–Crippen LogP) is 1.55. The topological polar surface area (TPSA) is 32.3 Å². The van der Waals surface area contributed by atoms with Crippen LogP contribution in [0.15, 0.2) is 12.7 Å². The van der Waals surface area contributed by atoms with E-state index >= 15 is 0 Å². The highest BCUT2D eigenvalue weighted by Gasteiger charge is 2.23. The fourth-order valence-electron chi connectivity index (χ4n) is 2.00. The van der Waals surface area contributed by atoms with Gasteiger partial charge in [-0.25, -0.2) is 0 Å². The minimum atomic E-state index is 0.270. The van der Waals surface area contributed by atoms with Crippen LogP contribution in [0.2, 0.25) is 0 Å². The lowest BCUT2D eigenvalue weighted by molar-refractivity contribution is -0.132. The van der Waals surface area contributed by atoms with Crippen molar-refractivity contribution >= 4 is 5.91 Å². The molecule has 0 saturated carbocycles. The van der Waals surface area contributed by atoms with Crippen LogP contribution in [0.5, 0.6) is 0 Å². The third kappa shape index (κ3) is 4.04. The molecule has 15 heavy (non-hydrogen) atoms. The summed E-state index contributed by atoms with van der Waals surface area (Å²) in [7, 11) is 1.88. The number of amides is 1. The van der Waals surface area contributed by atoms with Crippen LogP contribution in [0.1, 0.15) is 32.6 Å². The molecule has 0 radical (unpaired) electrons. The van der Waals surface area contributed by atoms with Gasteiger partial charge in [0.1, 0.15) is 0 Å². The first-order valence-electron chi connectivity index (χ1n) is 5.74. The van der Waals surface area contributed by atoms with Crippen molar-refractivity contribution < 1.29 is 4.79 Å². The van der Waals surface area contributed by atoms with Gasteiger partial charge in [0.25, 0.3) is 0 Å². The number of rotatable bonds is 5. The number of hydrogen-bond donors (Lipinski definition) is 1. The second-order valence-corrected chi connectivity index (χ2v) is 4.44. The maximum absolute atomic E-state index is 11.3.